The van der Waals surface area contributed by atoms with Crippen LogP contribution in [0.1, 0.15) is 0 Å². The van der Waals surface area contributed by atoms with Gasteiger partial charge in [-0.25, -0.2) is 0 Å². The van der Waals surface area contributed by atoms with Gasteiger partial charge in [-0.2, -0.15) is 0 Å². The molecule has 0 amide bonds. The van der Waals surface area contributed by atoms with E-state index in [9.17, 15) is 0 Å². The largest absolute Gasteiger partial charge is 0.336 e. The number of fused-ring (bicyclic) bond motifs is 1. The molecule has 0 radical (unpaired) electrons. The Morgan fingerprint density at radius 1 is 1.00 bits per heavy atom. The van der Waals surface area contributed by atoms with Crippen LogP contribution in [0.5, 0.6) is 0 Å². The van der Waals surface area contributed by atoms with Crippen LogP contribution in [0, 0.1) is 5.41 Å². The molecule has 0 bridgehead atoms. The quantitative estimate of drug-likeness (QED) is 0.787. The van der Waals surface area contributed by atoms with Crippen molar-refractivity contribution in [3.8, 4) is 0 Å². The second kappa shape index (κ2) is 4.49. The average molecular weight is 234 g/mol. The number of nitrogens with one attached hydrogen (secondary N) is 1. The van der Waals surface area contributed by atoms with Crippen LogP contribution in [0.25, 0.3) is 10.8 Å². The first-order valence-electron chi connectivity index (χ1n) is 6.01. The van der Waals surface area contributed by atoms with Crippen LogP contribution < -0.4 is 4.90 Å². The van der Waals surface area contributed by atoms with Crippen LogP contribution in [-0.4, -0.2) is 12.3 Å². The second-order valence-corrected chi connectivity index (χ2v) is 4.32. The lowest BCUT2D eigenvalue weighted by molar-refractivity contribution is 0.974. The maximum absolute atomic E-state index is 7.49. The average Bonchev–Trinajstić information content (AvgIpc) is 2.46. The van der Waals surface area contributed by atoms with Crippen LogP contribution in [-0.2, 0) is 0 Å². The monoisotopic (exact) mass is 234 g/mol. The molecule has 1 aliphatic heterocycles. The number of rotatable bonds is 2. The summed E-state index contributed by atoms with van der Waals surface area (Å²) >= 11 is 0. The van der Waals surface area contributed by atoms with Crippen molar-refractivity contribution in [3.05, 3.63) is 66.9 Å². The van der Waals surface area contributed by atoms with Crippen molar-refractivity contribution in [2.75, 3.05) is 4.90 Å². The molecular weight excluding hydrogens is 220 g/mol. The van der Waals surface area contributed by atoms with Crippen LogP contribution in [0.15, 0.2) is 66.9 Å². The summed E-state index contributed by atoms with van der Waals surface area (Å²) in [6, 6.07) is 14.7. The summed E-state index contributed by atoms with van der Waals surface area (Å²) in [6.45, 7) is 0. The summed E-state index contributed by atoms with van der Waals surface area (Å²) in [4.78, 5) is 2.10. The molecule has 3 rings (SSSR count). The lowest BCUT2D eigenvalue weighted by Crippen LogP contribution is -2.31. The van der Waals surface area contributed by atoms with Crippen molar-refractivity contribution in [2.45, 2.75) is 6.04 Å². The van der Waals surface area contributed by atoms with Gasteiger partial charge in [0.1, 0.15) is 0 Å². The van der Waals surface area contributed by atoms with E-state index in [4.69, 9.17) is 5.41 Å². The Morgan fingerprint density at radius 2 is 1.83 bits per heavy atom. The highest BCUT2D eigenvalue weighted by atomic mass is 15.1. The lowest BCUT2D eigenvalue weighted by atomic mass is 10.1. The molecule has 1 N–H and O–H groups in total. The summed E-state index contributed by atoms with van der Waals surface area (Å²) < 4.78 is 0. The molecular formula is C16H14N2. The number of benzene rings is 2. The molecule has 0 aromatic heterocycles. The normalized spacial score (nSPS) is 18.2. The van der Waals surface area contributed by atoms with E-state index in [0.717, 1.165) is 5.69 Å². The molecule has 1 atom stereocenters. The number of allylic oxidation sites excluding steroid dienone is 2. The Kier molecular flexibility index (Phi) is 2.69. The van der Waals surface area contributed by atoms with Gasteiger partial charge in [-0.3, -0.25) is 0 Å². The van der Waals surface area contributed by atoms with E-state index < -0.39 is 0 Å². The van der Waals surface area contributed by atoms with Crippen LogP contribution in [0.4, 0.5) is 5.69 Å². The Balaban J connectivity index is 2.06. The number of nitrogens with zero attached hydrogens (tertiary/aromatic N) is 1. The van der Waals surface area contributed by atoms with E-state index in [0.29, 0.717) is 0 Å². The summed E-state index contributed by atoms with van der Waals surface area (Å²) in [7, 11) is 0. The number of anilines is 1. The second-order valence-electron chi connectivity index (χ2n) is 4.32. The van der Waals surface area contributed by atoms with E-state index in [-0.39, 0.29) is 6.04 Å². The zero-order valence-electron chi connectivity index (χ0n) is 9.95. The maximum Gasteiger partial charge on any atom is 0.0867 e. The lowest BCUT2D eigenvalue weighted by Gasteiger charge is -2.27. The summed E-state index contributed by atoms with van der Waals surface area (Å²) in [5.74, 6) is 0. The van der Waals surface area contributed by atoms with E-state index in [1.54, 1.807) is 0 Å². The number of hydrogen-bond acceptors (Lipinski definition) is 2. The van der Waals surface area contributed by atoms with Crippen molar-refractivity contribution in [3.63, 3.8) is 0 Å². The van der Waals surface area contributed by atoms with Gasteiger partial charge in [-0.1, -0.05) is 42.5 Å². The van der Waals surface area contributed by atoms with E-state index in [2.05, 4.69) is 35.2 Å². The van der Waals surface area contributed by atoms with Gasteiger partial charge in [0.2, 0.25) is 0 Å². The van der Waals surface area contributed by atoms with Gasteiger partial charge >= 0.3 is 0 Å². The molecule has 0 saturated carbocycles. The Bertz CT molecular complexity index is 640. The molecule has 2 aromatic rings. The van der Waals surface area contributed by atoms with Crippen molar-refractivity contribution < 1.29 is 0 Å². The molecule has 0 saturated heterocycles. The highest BCUT2D eigenvalue weighted by Crippen LogP contribution is 2.25. The zero-order valence-corrected chi connectivity index (χ0v) is 9.95. The van der Waals surface area contributed by atoms with Crippen LogP contribution in [0.3, 0.4) is 0 Å². The SMILES string of the molecule is N=CC1C=CC=CN1c1ccc2ccccc2c1. The van der Waals surface area contributed by atoms with E-state index in [1.807, 2.05) is 36.6 Å². The maximum atomic E-state index is 7.49. The third-order valence-electron chi connectivity index (χ3n) is 3.19. The molecule has 2 heteroatoms. The number of hydrogen-bond donors (Lipinski definition) is 1. The fourth-order valence-corrected chi connectivity index (χ4v) is 2.24. The first-order valence-corrected chi connectivity index (χ1v) is 6.01. The molecule has 1 heterocycles. The topological polar surface area (TPSA) is 27.1 Å². The third kappa shape index (κ3) is 1.82. The highest BCUT2D eigenvalue weighted by molar-refractivity contribution is 5.87. The van der Waals surface area contributed by atoms with E-state index in [1.165, 1.54) is 17.0 Å². The predicted molar refractivity (Wildman–Crippen MR) is 77.3 cm³/mol. The molecule has 18 heavy (non-hydrogen) atoms. The van der Waals surface area contributed by atoms with Gasteiger partial charge in [0.05, 0.1) is 6.04 Å². The minimum atomic E-state index is 0.0103. The zero-order chi connectivity index (χ0) is 12.4. The minimum Gasteiger partial charge on any atom is -0.336 e. The molecule has 1 unspecified atom stereocenters. The van der Waals surface area contributed by atoms with Crippen molar-refractivity contribution in [1.29, 1.82) is 5.41 Å². The summed E-state index contributed by atoms with van der Waals surface area (Å²) in [5, 5.41) is 9.95. The van der Waals surface area contributed by atoms with Crippen LogP contribution >= 0.6 is 0 Å². The third-order valence-corrected chi connectivity index (χ3v) is 3.19. The summed E-state index contributed by atoms with van der Waals surface area (Å²) in [5.41, 5.74) is 1.11. The van der Waals surface area contributed by atoms with Gasteiger partial charge in [-0.05, 0) is 29.0 Å². The molecule has 0 spiro atoms. The van der Waals surface area contributed by atoms with Crippen LogP contribution in [0.2, 0.25) is 0 Å². The smallest absolute Gasteiger partial charge is 0.0867 e. The molecule has 0 aliphatic carbocycles. The van der Waals surface area contributed by atoms with Crippen molar-refractivity contribution >= 4 is 22.7 Å². The summed E-state index contributed by atoms with van der Waals surface area (Å²) in [6.07, 6.45) is 9.46. The Morgan fingerprint density at radius 3 is 2.67 bits per heavy atom. The van der Waals surface area contributed by atoms with Gasteiger partial charge in [-0.15, -0.1) is 0 Å². The highest BCUT2D eigenvalue weighted by Gasteiger charge is 2.13. The fourth-order valence-electron chi connectivity index (χ4n) is 2.24. The fraction of sp³-hybridized carbons (Fsp3) is 0.0625. The molecule has 2 aromatic carbocycles. The molecule has 2 nitrogen and oxygen atoms in total. The molecule has 0 fully saturated rings. The Labute approximate surface area is 106 Å². The van der Waals surface area contributed by atoms with E-state index >= 15 is 0 Å². The molecule has 1 aliphatic rings. The van der Waals surface area contributed by atoms with Gasteiger partial charge in [0.15, 0.2) is 0 Å². The minimum absolute atomic E-state index is 0.0103. The standard InChI is InChI=1S/C16H14N2/c17-12-16-7-3-4-10-18(16)15-9-8-13-5-1-2-6-14(13)11-15/h1-12,16-17H. The first kappa shape index (κ1) is 10.8. The first-order chi connectivity index (χ1) is 8.88. The predicted octanol–water partition coefficient (Wildman–Crippen LogP) is 3.75. The van der Waals surface area contributed by atoms with Gasteiger partial charge in [0, 0.05) is 18.1 Å². The van der Waals surface area contributed by atoms with Gasteiger partial charge < -0.3 is 10.3 Å². The van der Waals surface area contributed by atoms with Crippen molar-refractivity contribution in [2.24, 2.45) is 0 Å². The Hall–Kier alpha value is -2.35. The van der Waals surface area contributed by atoms with Gasteiger partial charge in [0.25, 0.3) is 0 Å². The molecule has 88 valence electrons. The van der Waals surface area contributed by atoms with Crippen molar-refractivity contribution in [1.82, 2.24) is 0 Å².